The predicted octanol–water partition coefficient (Wildman–Crippen LogP) is 4.72. The Bertz CT molecular complexity index is 287. The summed E-state index contributed by atoms with van der Waals surface area (Å²) >= 11 is 0. The van der Waals surface area contributed by atoms with Crippen molar-refractivity contribution >= 4 is 11.9 Å². The van der Waals surface area contributed by atoms with Crippen LogP contribution in [0.3, 0.4) is 0 Å². The van der Waals surface area contributed by atoms with Gasteiger partial charge in [0, 0.05) is 6.42 Å². The molecule has 0 aliphatic carbocycles. The van der Waals surface area contributed by atoms with Gasteiger partial charge in [-0.2, -0.15) is 0 Å². The molecular formula is C17H32O4. The van der Waals surface area contributed by atoms with Crippen molar-refractivity contribution in [3.05, 3.63) is 0 Å². The molecule has 0 aromatic heterocycles. The van der Waals surface area contributed by atoms with Crippen molar-refractivity contribution in [3.8, 4) is 0 Å². The van der Waals surface area contributed by atoms with Crippen LogP contribution in [0.5, 0.6) is 0 Å². The molecule has 0 spiro atoms. The summed E-state index contributed by atoms with van der Waals surface area (Å²) < 4.78 is 0. The zero-order chi connectivity index (χ0) is 16.1. The lowest BCUT2D eigenvalue weighted by atomic mass is 9.94. The van der Waals surface area contributed by atoms with E-state index in [1.54, 1.807) is 0 Å². The lowest BCUT2D eigenvalue weighted by molar-refractivity contribution is -0.142. The molecule has 0 aromatic rings. The lowest BCUT2D eigenvalue weighted by Gasteiger charge is -2.12. The third kappa shape index (κ3) is 13.7. The fourth-order valence-electron chi connectivity index (χ4n) is 2.53. The number of hydrogen-bond donors (Lipinski definition) is 2. The van der Waals surface area contributed by atoms with Gasteiger partial charge < -0.3 is 10.2 Å². The highest BCUT2D eigenvalue weighted by Crippen LogP contribution is 2.19. The lowest BCUT2D eigenvalue weighted by Crippen LogP contribution is -2.13. The molecule has 124 valence electrons. The minimum Gasteiger partial charge on any atom is -0.481 e. The average molecular weight is 300 g/mol. The summed E-state index contributed by atoms with van der Waals surface area (Å²) in [5.41, 5.74) is 0. The molecule has 0 saturated carbocycles. The first kappa shape index (κ1) is 19.9. The quantitative estimate of drug-likeness (QED) is 0.455. The van der Waals surface area contributed by atoms with Crippen molar-refractivity contribution in [2.45, 2.75) is 84.5 Å². The van der Waals surface area contributed by atoms with E-state index in [0.717, 1.165) is 50.9 Å². The monoisotopic (exact) mass is 300 g/mol. The second-order valence-corrected chi connectivity index (χ2v) is 6.41. The molecule has 0 aromatic carbocycles. The van der Waals surface area contributed by atoms with Gasteiger partial charge >= 0.3 is 11.9 Å². The molecule has 0 saturated heterocycles. The van der Waals surface area contributed by atoms with Gasteiger partial charge in [-0.1, -0.05) is 58.8 Å². The van der Waals surface area contributed by atoms with E-state index < -0.39 is 11.9 Å². The third-order valence-corrected chi connectivity index (χ3v) is 3.88. The molecule has 0 aliphatic rings. The molecule has 0 rings (SSSR count). The summed E-state index contributed by atoms with van der Waals surface area (Å²) in [5, 5.41) is 17.7. The van der Waals surface area contributed by atoms with Gasteiger partial charge in [0.05, 0.1) is 5.92 Å². The van der Waals surface area contributed by atoms with E-state index in [-0.39, 0.29) is 12.3 Å². The average Bonchev–Trinajstić information content (AvgIpc) is 2.38. The maximum Gasteiger partial charge on any atom is 0.306 e. The van der Waals surface area contributed by atoms with Crippen molar-refractivity contribution in [2.75, 3.05) is 0 Å². The summed E-state index contributed by atoms with van der Waals surface area (Å²) in [7, 11) is 0. The number of carboxylic acid groups (broad SMARTS) is 2. The van der Waals surface area contributed by atoms with Gasteiger partial charge in [0.1, 0.15) is 0 Å². The van der Waals surface area contributed by atoms with Gasteiger partial charge in [0.25, 0.3) is 0 Å². The highest BCUT2D eigenvalue weighted by atomic mass is 16.4. The van der Waals surface area contributed by atoms with Gasteiger partial charge in [0.15, 0.2) is 0 Å². The highest BCUT2D eigenvalue weighted by molar-refractivity contribution is 5.69. The number of rotatable bonds is 14. The van der Waals surface area contributed by atoms with Gasteiger partial charge in [-0.3, -0.25) is 9.59 Å². The minimum atomic E-state index is -0.750. The van der Waals surface area contributed by atoms with Crippen LogP contribution in [0.1, 0.15) is 84.5 Å². The molecule has 0 bridgehead atoms. The standard InChI is InChI=1S/C17H32O4/c1-14(2)10-6-5-8-12-15(17(20)21)11-7-3-4-9-13-16(18)19/h14-15H,3-13H2,1-2H3,(H,18,19)(H,20,21). The number of aliphatic carboxylic acids is 2. The number of carboxylic acids is 2. The van der Waals surface area contributed by atoms with Crippen LogP contribution in [0, 0.1) is 11.8 Å². The fraction of sp³-hybridized carbons (Fsp3) is 0.882. The molecule has 0 heterocycles. The second kappa shape index (κ2) is 12.7. The number of unbranched alkanes of at least 4 members (excludes halogenated alkanes) is 5. The van der Waals surface area contributed by atoms with Crippen molar-refractivity contribution in [3.63, 3.8) is 0 Å². The first-order valence-electron chi connectivity index (χ1n) is 8.38. The number of carbonyl (C=O) groups is 2. The van der Waals surface area contributed by atoms with Crippen molar-refractivity contribution in [1.29, 1.82) is 0 Å². The van der Waals surface area contributed by atoms with Crippen molar-refractivity contribution in [2.24, 2.45) is 11.8 Å². The second-order valence-electron chi connectivity index (χ2n) is 6.41. The molecule has 21 heavy (non-hydrogen) atoms. The van der Waals surface area contributed by atoms with Crippen LogP contribution >= 0.6 is 0 Å². The Morgan fingerprint density at radius 3 is 1.71 bits per heavy atom. The summed E-state index contributed by atoms with van der Waals surface area (Å²) in [6.07, 6.45) is 9.68. The zero-order valence-corrected chi connectivity index (χ0v) is 13.6. The van der Waals surface area contributed by atoms with E-state index in [0.29, 0.717) is 6.42 Å². The van der Waals surface area contributed by atoms with Crippen LogP contribution in [-0.2, 0) is 9.59 Å². The van der Waals surface area contributed by atoms with E-state index >= 15 is 0 Å². The molecule has 0 amide bonds. The Balaban J connectivity index is 3.63. The van der Waals surface area contributed by atoms with Crippen LogP contribution in [0.25, 0.3) is 0 Å². The molecule has 0 radical (unpaired) electrons. The maximum absolute atomic E-state index is 11.2. The van der Waals surface area contributed by atoms with E-state index in [2.05, 4.69) is 13.8 Å². The first-order chi connectivity index (χ1) is 9.93. The van der Waals surface area contributed by atoms with Crippen LogP contribution < -0.4 is 0 Å². The zero-order valence-electron chi connectivity index (χ0n) is 13.6. The fourth-order valence-corrected chi connectivity index (χ4v) is 2.53. The molecule has 1 unspecified atom stereocenters. The third-order valence-electron chi connectivity index (χ3n) is 3.88. The normalized spacial score (nSPS) is 12.5. The topological polar surface area (TPSA) is 74.6 Å². The Hall–Kier alpha value is -1.06. The maximum atomic E-state index is 11.2. The molecular weight excluding hydrogens is 268 g/mol. The molecule has 4 nitrogen and oxygen atoms in total. The Kier molecular flexibility index (Phi) is 12.0. The van der Waals surface area contributed by atoms with Crippen LogP contribution in [-0.4, -0.2) is 22.2 Å². The summed E-state index contributed by atoms with van der Waals surface area (Å²) in [6.45, 7) is 4.43. The van der Waals surface area contributed by atoms with E-state index in [9.17, 15) is 14.7 Å². The highest BCUT2D eigenvalue weighted by Gasteiger charge is 2.16. The summed E-state index contributed by atoms with van der Waals surface area (Å²) in [4.78, 5) is 21.6. The van der Waals surface area contributed by atoms with Crippen molar-refractivity contribution in [1.82, 2.24) is 0 Å². The summed E-state index contributed by atoms with van der Waals surface area (Å²) in [6, 6.07) is 0. The SMILES string of the molecule is CC(C)CCCCCC(CCCCCCC(=O)O)C(=O)O. The Morgan fingerprint density at radius 1 is 0.762 bits per heavy atom. The molecule has 1 atom stereocenters. The van der Waals surface area contributed by atoms with E-state index in [1.165, 1.54) is 12.8 Å². The Labute approximate surface area is 128 Å². The summed E-state index contributed by atoms with van der Waals surface area (Å²) in [5.74, 6) is -0.918. The van der Waals surface area contributed by atoms with Gasteiger partial charge in [0.2, 0.25) is 0 Å². The van der Waals surface area contributed by atoms with Crippen LogP contribution in [0.2, 0.25) is 0 Å². The smallest absolute Gasteiger partial charge is 0.306 e. The van der Waals surface area contributed by atoms with Crippen molar-refractivity contribution < 1.29 is 19.8 Å². The molecule has 0 aliphatic heterocycles. The molecule has 0 fully saturated rings. The van der Waals surface area contributed by atoms with Crippen LogP contribution in [0.4, 0.5) is 0 Å². The van der Waals surface area contributed by atoms with E-state index in [4.69, 9.17) is 5.11 Å². The molecule has 2 N–H and O–H groups in total. The predicted molar refractivity (Wildman–Crippen MR) is 84.4 cm³/mol. The van der Waals surface area contributed by atoms with Crippen LogP contribution in [0.15, 0.2) is 0 Å². The largest absolute Gasteiger partial charge is 0.481 e. The number of hydrogen-bond acceptors (Lipinski definition) is 2. The Morgan fingerprint density at radius 2 is 1.24 bits per heavy atom. The first-order valence-corrected chi connectivity index (χ1v) is 8.38. The molecule has 4 heteroatoms. The van der Waals surface area contributed by atoms with Gasteiger partial charge in [-0.25, -0.2) is 0 Å². The van der Waals surface area contributed by atoms with E-state index in [1.807, 2.05) is 0 Å². The minimum absolute atomic E-state index is 0.219. The van der Waals surface area contributed by atoms with Gasteiger partial charge in [-0.15, -0.1) is 0 Å². The van der Waals surface area contributed by atoms with Gasteiger partial charge in [-0.05, 0) is 25.2 Å².